The quantitative estimate of drug-likeness (QED) is 0.590. The predicted molar refractivity (Wildman–Crippen MR) is 72.6 cm³/mol. The second-order valence-corrected chi connectivity index (χ2v) is 5.71. The minimum absolute atomic E-state index is 1.37. The van der Waals surface area contributed by atoms with Gasteiger partial charge < -0.3 is 4.48 Å². The van der Waals surface area contributed by atoms with Gasteiger partial charge in [0, 0.05) is 0 Å². The Hall–Kier alpha value is -0.0400. The van der Waals surface area contributed by atoms with Crippen LogP contribution < -0.4 is 0 Å². The molecule has 1 nitrogen and oxygen atoms in total. The Kier molecular flexibility index (Phi) is 7.11. The van der Waals surface area contributed by atoms with Gasteiger partial charge in [0.05, 0.1) is 26.2 Å². The summed E-state index contributed by atoms with van der Waals surface area (Å²) in [5, 5.41) is 0. The molecular formula is C15H32N+. The van der Waals surface area contributed by atoms with Crippen molar-refractivity contribution in [3.05, 3.63) is 0 Å². The fourth-order valence-corrected chi connectivity index (χ4v) is 3.08. The van der Waals surface area contributed by atoms with Gasteiger partial charge in [-0.1, -0.05) is 33.1 Å². The first-order valence-electron chi connectivity index (χ1n) is 7.68. The first-order chi connectivity index (χ1) is 7.83. The molecule has 16 heavy (non-hydrogen) atoms. The van der Waals surface area contributed by atoms with E-state index in [1.807, 2.05) is 0 Å². The standard InChI is InChI=1S/C15H32N/c1-3-5-12-16(13-6-4-2)14-10-8-7-9-11-15-16/h3-15H2,1-2H3/q+1. The summed E-state index contributed by atoms with van der Waals surface area (Å²) < 4.78 is 1.46. The van der Waals surface area contributed by atoms with Crippen molar-refractivity contribution in [1.29, 1.82) is 0 Å². The maximum absolute atomic E-state index is 2.33. The minimum atomic E-state index is 1.37. The average molecular weight is 226 g/mol. The zero-order valence-corrected chi connectivity index (χ0v) is 11.6. The molecule has 0 aliphatic carbocycles. The van der Waals surface area contributed by atoms with Gasteiger partial charge in [0.25, 0.3) is 0 Å². The van der Waals surface area contributed by atoms with Crippen LogP contribution in [0, 0.1) is 0 Å². The lowest BCUT2D eigenvalue weighted by molar-refractivity contribution is -0.929. The second-order valence-electron chi connectivity index (χ2n) is 5.71. The summed E-state index contributed by atoms with van der Waals surface area (Å²) in [5.74, 6) is 0. The lowest BCUT2D eigenvalue weighted by Gasteiger charge is -2.40. The molecule has 0 N–H and O–H groups in total. The molecule has 0 aromatic carbocycles. The predicted octanol–water partition coefficient (Wildman–Crippen LogP) is 4.37. The fourth-order valence-electron chi connectivity index (χ4n) is 3.08. The number of hydrogen-bond acceptors (Lipinski definition) is 0. The first kappa shape index (κ1) is 14.0. The molecule has 1 heteroatoms. The Balaban J connectivity index is 2.49. The minimum Gasteiger partial charge on any atom is -0.324 e. The fraction of sp³-hybridized carbons (Fsp3) is 1.00. The molecule has 1 aliphatic rings. The maximum atomic E-state index is 2.33. The van der Waals surface area contributed by atoms with Crippen LogP contribution in [-0.4, -0.2) is 30.7 Å². The summed E-state index contributed by atoms with van der Waals surface area (Å²) in [5.41, 5.74) is 0. The Bertz CT molecular complexity index is 139. The van der Waals surface area contributed by atoms with E-state index in [-0.39, 0.29) is 0 Å². The Morgan fingerprint density at radius 2 is 1.12 bits per heavy atom. The van der Waals surface area contributed by atoms with Crippen LogP contribution >= 0.6 is 0 Å². The summed E-state index contributed by atoms with van der Waals surface area (Å²) in [7, 11) is 0. The van der Waals surface area contributed by atoms with E-state index in [1.54, 1.807) is 0 Å². The molecule has 1 fully saturated rings. The van der Waals surface area contributed by atoms with Gasteiger partial charge >= 0.3 is 0 Å². The third-order valence-electron chi connectivity index (χ3n) is 4.24. The highest BCUT2D eigenvalue weighted by molar-refractivity contribution is 4.54. The van der Waals surface area contributed by atoms with E-state index in [2.05, 4.69) is 13.8 Å². The molecule has 1 heterocycles. The summed E-state index contributed by atoms with van der Waals surface area (Å²) in [6.07, 6.45) is 13.0. The normalized spacial score (nSPS) is 21.4. The topological polar surface area (TPSA) is 0 Å². The maximum Gasteiger partial charge on any atom is 0.0786 e. The van der Waals surface area contributed by atoms with Crippen LogP contribution in [0.3, 0.4) is 0 Å². The molecule has 0 bridgehead atoms. The van der Waals surface area contributed by atoms with E-state index >= 15 is 0 Å². The summed E-state index contributed by atoms with van der Waals surface area (Å²) >= 11 is 0. The molecule has 0 spiro atoms. The van der Waals surface area contributed by atoms with Crippen molar-refractivity contribution in [2.75, 3.05) is 26.2 Å². The van der Waals surface area contributed by atoms with Crippen LogP contribution in [0.15, 0.2) is 0 Å². The van der Waals surface area contributed by atoms with Gasteiger partial charge in [-0.3, -0.25) is 0 Å². The van der Waals surface area contributed by atoms with Crippen LogP contribution in [0.1, 0.15) is 71.6 Å². The van der Waals surface area contributed by atoms with Crippen LogP contribution in [-0.2, 0) is 0 Å². The zero-order valence-electron chi connectivity index (χ0n) is 11.6. The Morgan fingerprint density at radius 3 is 1.56 bits per heavy atom. The molecule has 1 rings (SSSR count). The van der Waals surface area contributed by atoms with Crippen molar-refractivity contribution in [3.63, 3.8) is 0 Å². The number of unbranched alkanes of at least 4 members (excludes halogenated alkanes) is 2. The molecule has 0 aromatic heterocycles. The number of hydrogen-bond donors (Lipinski definition) is 0. The highest BCUT2D eigenvalue weighted by Gasteiger charge is 2.26. The Labute approximate surface area is 103 Å². The molecule has 0 aromatic rings. The zero-order chi connectivity index (χ0) is 11.7. The van der Waals surface area contributed by atoms with E-state index in [0.717, 1.165) is 0 Å². The van der Waals surface area contributed by atoms with Gasteiger partial charge in [0.15, 0.2) is 0 Å². The van der Waals surface area contributed by atoms with Crippen LogP contribution in [0.4, 0.5) is 0 Å². The van der Waals surface area contributed by atoms with E-state index in [1.165, 1.54) is 88.4 Å². The van der Waals surface area contributed by atoms with Crippen LogP contribution in [0.2, 0.25) is 0 Å². The van der Waals surface area contributed by atoms with E-state index < -0.39 is 0 Å². The molecule has 0 atom stereocenters. The van der Waals surface area contributed by atoms with Gasteiger partial charge in [-0.25, -0.2) is 0 Å². The highest BCUT2D eigenvalue weighted by Crippen LogP contribution is 2.20. The molecular weight excluding hydrogens is 194 g/mol. The van der Waals surface area contributed by atoms with Crippen molar-refractivity contribution in [2.45, 2.75) is 71.6 Å². The van der Waals surface area contributed by atoms with Crippen molar-refractivity contribution in [2.24, 2.45) is 0 Å². The largest absolute Gasteiger partial charge is 0.324 e. The summed E-state index contributed by atoms with van der Waals surface area (Å²) in [4.78, 5) is 0. The monoisotopic (exact) mass is 226 g/mol. The number of quaternary nitrogens is 1. The van der Waals surface area contributed by atoms with Crippen LogP contribution in [0.25, 0.3) is 0 Å². The van der Waals surface area contributed by atoms with E-state index in [4.69, 9.17) is 0 Å². The Morgan fingerprint density at radius 1 is 0.688 bits per heavy atom. The SMILES string of the molecule is CCCC[N+]1(CCCC)CCCCCCC1. The van der Waals surface area contributed by atoms with Gasteiger partial charge in [0.2, 0.25) is 0 Å². The van der Waals surface area contributed by atoms with Crippen molar-refractivity contribution < 1.29 is 4.48 Å². The smallest absolute Gasteiger partial charge is 0.0786 e. The second kappa shape index (κ2) is 8.11. The summed E-state index contributed by atoms with van der Waals surface area (Å²) in [6, 6.07) is 0. The van der Waals surface area contributed by atoms with Gasteiger partial charge in [0.1, 0.15) is 0 Å². The van der Waals surface area contributed by atoms with Crippen molar-refractivity contribution in [3.8, 4) is 0 Å². The molecule has 1 aliphatic heterocycles. The van der Waals surface area contributed by atoms with Crippen LogP contribution in [0.5, 0.6) is 0 Å². The molecule has 0 saturated carbocycles. The first-order valence-corrected chi connectivity index (χ1v) is 7.68. The molecule has 1 saturated heterocycles. The third kappa shape index (κ3) is 4.86. The molecule has 0 amide bonds. The van der Waals surface area contributed by atoms with E-state index in [9.17, 15) is 0 Å². The van der Waals surface area contributed by atoms with Crippen molar-refractivity contribution >= 4 is 0 Å². The average Bonchev–Trinajstić information content (AvgIpc) is 2.27. The van der Waals surface area contributed by atoms with Crippen molar-refractivity contribution in [1.82, 2.24) is 0 Å². The number of likely N-dealkylation sites (tertiary alicyclic amines) is 1. The lowest BCUT2D eigenvalue weighted by atomic mass is 10.0. The molecule has 0 unspecified atom stereocenters. The lowest BCUT2D eigenvalue weighted by Crippen LogP contribution is -2.51. The van der Waals surface area contributed by atoms with E-state index in [0.29, 0.717) is 0 Å². The van der Waals surface area contributed by atoms with Gasteiger partial charge in [-0.15, -0.1) is 0 Å². The molecule has 96 valence electrons. The number of rotatable bonds is 6. The molecule has 0 radical (unpaired) electrons. The highest BCUT2D eigenvalue weighted by atomic mass is 15.3. The number of nitrogens with zero attached hydrogens (tertiary/aromatic N) is 1. The van der Waals surface area contributed by atoms with Gasteiger partial charge in [-0.05, 0) is 38.5 Å². The third-order valence-corrected chi connectivity index (χ3v) is 4.24. The summed E-state index contributed by atoms with van der Waals surface area (Å²) in [6.45, 7) is 10.5. The van der Waals surface area contributed by atoms with Gasteiger partial charge in [-0.2, -0.15) is 0 Å².